The molecule has 5 rings (SSSR count). The topological polar surface area (TPSA) is 62.2 Å². The Morgan fingerprint density at radius 1 is 1.33 bits per heavy atom. The van der Waals surface area contributed by atoms with Gasteiger partial charge in [0, 0.05) is 6.04 Å². The Balaban J connectivity index is 1.47. The number of amides is 1. The molecule has 4 bridgehead atoms. The van der Waals surface area contributed by atoms with Crippen LogP contribution in [0.4, 0.5) is 0 Å². The number of nitrogens with zero attached hydrogens (tertiary/aromatic N) is 1. The number of carbonyl (C=O) groups excluding carboxylic acids is 1. The van der Waals surface area contributed by atoms with Crippen molar-refractivity contribution in [1.29, 1.82) is 0 Å². The van der Waals surface area contributed by atoms with E-state index in [0.717, 1.165) is 49.3 Å². The van der Waals surface area contributed by atoms with Gasteiger partial charge in [-0.1, -0.05) is 25.4 Å². The zero-order chi connectivity index (χ0) is 19.2. The summed E-state index contributed by atoms with van der Waals surface area (Å²) in [5.41, 5.74) is 0.151. The van der Waals surface area contributed by atoms with Crippen LogP contribution in [0.3, 0.4) is 0 Å². The minimum atomic E-state index is -0.475. The van der Waals surface area contributed by atoms with Gasteiger partial charge in [-0.05, 0) is 80.1 Å². The van der Waals surface area contributed by atoms with Gasteiger partial charge in [0.1, 0.15) is 10.2 Å². The maximum absolute atomic E-state index is 13.1. The van der Waals surface area contributed by atoms with Gasteiger partial charge in [-0.25, -0.2) is 4.98 Å². The fraction of sp³-hybridized carbons (Fsp3) is 0.714. The highest BCUT2D eigenvalue weighted by atomic mass is 35.5. The molecule has 6 heteroatoms. The summed E-state index contributed by atoms with van der Waals surface area (Å²) in [6.07, 6.45) is 5.97. The van der Waals surface area contributed by atoms with Crippen molar-refractivity contribution in [2.45, 2.75) is 69.0 Å². The van der Waals surface area contributed by atoms with Crippen molar-refractivity contribution < 1.29 is 9.90 Å². The van der Waals surface area contributed by atoms with E-state index in [0.29, 0.717) is 34.4 Å². The number of pyridine rings is 1. The Morgan fingerprint density at radius 3 is 2.67 bits per heavy atom. The number of aromatic nitrogens is 1. The zero-order valence-electron chi connectivity index (χ0n) is 16.1. The molecule has 4 saturated carbocycles. The molecule has 148 valence electrons. The average Bonchev–Trinajstić information content (AvgIpc) is 2.56. The third-order valence-electron chi connectivity index (χ3n) is 6.54. The molecular formula is C21H29ClN2O2S. The first-order chi connectivity index (χ1) is 12.8. The number of thioether (sulfide) groups is 1. The van der Waals surface area contributed by atoms with Crippen molar-refractivity contribution in [2.75, 3.05) is 5.75 Å². The van der Waals surface area contributed by atoms with Crippen LogP contribution in [0.15, 0.2) is 17.2 Å². The maximum Gasteiger partial charge on any atom is 0.254 e. The number of carbonyl (C=O) groups is 1. The van der Waals surface area contributed by atoms with E-state index in [4.69, 9.17) is 11.6 Å². The van der Waals surface area contributed by atoms with Crippen molar-refractivity contribution in [3.8, 4) is 0 Å². The Morgan fingerprint density at radius 2 is 2.04 bits per heavy atom. The van der Waals surface area contributed by atoms with E-state index < -0.39 is 5.60 Å². The Bertz CT molecular complexity index is 710. The van der Waals surface area contributed by atoms with Gasteiger partial charge in [-0.3, -0.25) is 4.79 Å². The predicted molar refractivity (Wildman–Crippen MR) is 109 cm³/mol. The van der Waals surface area contributed by atoms with Gasteiger partial charge < -0.3 is 10.4 Å². The molecule has 0 aliphatic heterocycles. The van der Waals surface area contributed by atoms with Crippen LogP contribution in [0, 0.1) is 23.7 Å². The van der Waals surface area contributed by atoms with Crippen LogP contribution in [-0.2, 0) is 0 Å². The molecule has 1 aromatic rings. The number of halogens is 1. The smallest absolute Gasteiger partial charge is 0.254 e. The summed E-state index contributed by atoms with van der Waals surface area (Å²) >= 11 is 7.70. The first-order valence-corrected chi connectivity index (χ1v) is 11.5. The van der Waals surface area contributed by atoms with E-state index >= 15 is 0 Å². The molecule has 0 aromatic carbocycles. The molecule has 0 spiro atoms. The highest BCUT2D eigenvalue weighted by Crippen LogP contribution is 2.55. The van der Waals surface area contributed by atoms with Gasteiger partial charge in [-0.2, -0.15) is 0 Å². The summed E-state index contributed by atoms with van der Waals surface area (Å²) in [5.74, 6) is 2.95. The summed E-state index contributed by atoms with van der Waals surface area (Å²) < 4.78 is 0. The summed E-state index contributed by atoms with van der Waals surface area (Å²) in [7, 11) is 0. The third kappa shape index (κ3) is 4.15. The minimum absolute atomic E-state index is 0.0457. The van der Waals surface area contributed by atoms with E-state index in [9.17, 15) is 9.90 Å². The molecule has 0 radical (unpaired) electrons. The first-order valence-electron chi connectivity index (χ1n) is 10.2. The number of rotatable bonds is 6. The second-order valence-electron chi connectivity index (χ2n) is 9.21. The standard InChI is InChI=1S/C21H29ClN2O2S/c1-12(2)5-6-27-20-16(3-4-17(22)23-20)19(25)24-18-14-7-13-8-15(18)11-21(26,9-13)10-14/h3-4,12-15,18,26H,5-11H2,1-2H3,(H,24,25). The lowest BCUT2D eigenvalue weighted by Crippen LogP contribution is -2.61. The molecule has 2 unspecified atom stereocenters. The molecule has 0 saturated heterocycles. The Kier molecular flexibility index (Phi) is 5.47. The zero-order valence-corrected chi connectivity index (χ0v) is 17.7. The number of hydrogen-bond donors (Lipinski definition) is 2. The van der Waals surface area contributed by atoms with Crippen LogP contribution < -0.4 is 5.32 Å². The van der Waals surface area contributed by atoms with Gasteiger partial charge in [0.25, 0.3) is 5.91 Å². The second kappa shape index (κ2) is 7.57. The van der Waals surface area contributed by atoms with Gasteiger partial charge in [0.05, 0.1) is 11.2 Å². The van der Waals surface area contributed by atoms with E-state index in [1.807, 2.05) is 0 Å². The lowest BCUT2D eigenvalue weighted by Gasteiger charge is -2.58. The molecule has 4 fully saturated rings. The van der Waals surface area contributed by atoms with Crippen molar-refractivity contribution in [1.82, 2.24) is 10.3 Å². The lowest BCUT2D eigenvalue weighted by molar-refractivity contribution is -0.136. The summed E-state index contributed by atoms with van der Waals surface area (Å²) in [4.78, 5) is 17.5. The van der Waals surface area contributed by atoms with Gasteiger partial charge >= 0.3 is 0 Å². The molecule has 1 aromatic heterocycles. The fourth-order valence-electron chi connectivity index (χ4n) is 5.54. The summed E-state index contributed by atoms with van der Waals surface area (Å²) in [6, 6.07) is 3.67. The van der Waals surface area contributed by atoms with Crippen molar-refractivity contribution in [2.24, 2.45) is 23.7 Å². The van der Waals surface area contributed by atoms with Crippen LogP contribution in [-0.4, -0.2) is 33.4 Å². The molecule has 1 heterocycles. The van der Waals surface area contributed by atoms with E-state index in [2.05, 4.69) is 24.1 Å². The van der Waals surface area contributed by atoms with E-state index in [1.54, 1.807) is 23.9 Å². The molecular weight excluding hydrogens is 380 g/mol. The highest BCUT2D eigenvalue weighted by Gasteiger charge is 2.55. The summed E-state index contributed by atoms with van der Waals surface area (Å²) in [5, 5.41) is 15.2. The molecule has 27 heavy (non-hydrogen) atoms. The van der Waals surface area contributed by atoms with Crippen LogP contribution >= 0.6 is 23.4 Å². The Hall–Kier alpha value is -0.780. The van der Waals surface area contributed by atoms with Crippen LogP contribution in [0.2, 0.25) is 5.15 Å². The summed E-state index contributed by atoms with van der Waals surface area (Å²) in [6.45, 7) is 4.39. The van der Waals surface area contributed by atoms with Gasteiger partial charge in [0.15, 0.2) is 0 Å². The highest BCUT2D eigenvalue weighted by molar-refractivity contribution is 7.99. The second-order valence-corrected chi connectivity index (χ2v) is 10.7. The largest absolute Gasteiger partial charge is 0.390 e. The molecule has 1 amide bonds. The number of aliphatic hydroxyl groups is 1. The fourth-order valence-corrected chi connectivity index (χ4v) is 7.00. The number of nitrogens with one attached hydrogen (secondary N) is 1. The van der Waals surface area contributed by atoms with E-state index in [-0.39, 0.29) is 11.9 Å². The normalized spacial score (nSPS) is 34.3. The molecule has 4 aliphatic carbocycles. The van der Waals surface area contributed by atoms with Gasteiger partial charge in [-0.15, -0.1) is 11.8 Å². The van der Waals surface area contributed by atoms with Crippen LogP contribution in [0.25, 0.3) is 0 Å². The molecule has 4 nitrogen and oxygen atoms in total. The SMILES string of the molecule is CC(C)CCSc1nc(Cl)ccc1C(=O)NC1C2CC3CC1CC(O)(C3)C2. The van der Waals surface area contributed by atoms with Crippen LogP contribution in [0.5, 0.6) is 0 Å². The quantitative estimate of drug-likeness (QED) is 0.535. The van der Waals surface area contributed by atoms with E-state index in [1.165, 1.54) is 0 Å². The van der Waals surface area contributed by atoms with Gasteiger partial charge in [0.2, 0.25) is 0 Å². The van der Waals surface area contributed by atoms with Crippen molar-refractivity contribution in [3.05, 3.63) is 22.8 Å². The molecule has 2 N–H and O–H groups in total. The average molecular weight is 409 g/mol. The molecule has 2 atom stereocenters. The maximum atomic E-state index is 13.1. The minimum Gasteiger partial charge on any atom is -0.390 e. The molecule has 4 aliphatic rings. The van der Waals surface area contributed by atoms with Crippen molar-refractivity contribution >= 4 is 29.3 Å². The van der Waals surface area contributed by atoms with Crippen LogP contribution in [0.1, 0.15) is 62.7 Å². The monoisotopic (exact) mass is 408 g/mol. The third-order valence-corrected chi connectivity index (χ3v) is 7.78. The predicted octanol–water partition coefficient (Wildman–Crippen LogP) is 4.54. The Labute approximate surface area is 170 Å². The lowest BCUT2D eigenvalue weighted by atomic mass is 9.52. The van der Waals surface area contributed by atoms with Crippen molar-refractivity contribution in [3.63, 3.8) is 0 Å². The number of hydrogen-bond acceptors (Lipinski definition) is 4. The first kappa shape index (κ1) is 19.5.